The summed E-state index contributed by atoms with van der Waals surface area (Å²) in [5.41, 5.74) is 5.12. The number of fused-ring (bicyclic) bond motifs is 2. The molecule has 4 aromatic rings. The lowest BCUT2D eigenvalue weighted by atomic mass is 10.0. The van der Waals surface area contributed by atoms with E-state index in [-0.39, 0.29) is 5.91 Å². The number of amides is 1. The molecule has 31 heavy (non-hydrogen) atoms. The Morgan fingerprint density at radius 3 is 2.84 bits per heavy atom. The molecule has 1 aliphatic rings. The molecule has 3 heterocycles. The standard InChI is InChI=1S/C24H18N4O3/c1-31-17-7-10-21-19(14-17)20(24(29)25-21)12-15-5-8-18-22(26-27-23(18)13-15)9-6-16-4-2-3-11-28(16)30/h2-14H,1H3,(H,25,29)(H,26,27). The summed E-state index contributed by atoms with van der Waals surface area (Å²) >= 11 is 0. The Hall–Kier alpha value is -4.39. The lowest BCUT2D eigenvalue weighted by Crippen LogP contribution is -2.28. The molecule has 152 valence electrons. The maximum absolute atomic E-state index is 12.5. The molecule has 0 aliphatic carbocycles. The van der Waals surface area contributed by atoms with E-state index in [1.165, 1.54) is 6.20 Å². The van der Waals surface area contributed by atoms with E-state index in [1.807, 2.05) is 48.5 Å². The monoisotopic (exact) mass is 410 g/mol. The highest BCUT2D eigenvalue weighted by Crippen LogP contribution is 2.36. The summed E-state index contributed by atoms with van der Waals surface area (Å²) < 4.78 is 6.09. The molecule has 2 aromatic carbocycles. The molecule has 0 bridgehead atoms. The van der Waals surface area contributed by atoms with Crippen LogP contribution in [-0.2, 0) is 4.79 Å². The highest BCUT2D eigenvalue weighted by atomic mass is 16.5. The van der Waals surface area contributed by atoms with Crippen LogP contribution in [0.4, 0.5) is 5.69 Å². The minimum Gasteiger partial charge on any atom is -0.618 e. The summed E-state index contributed by atoms with van der Waals surface area (Å²) in [6, 6.07) is 16.6. The van der Waals surface area contributed by atoms with E-state index in [0.717, 1.165) is 38.1 Å². The van der Waals surface area contributed by atoms with E-state index in [2.05, 4.69) is 15.5 Å². The van der Waals surface area contributed by atoms with Gasteiger partial charge in [0.05, 0.1) is 18.3 Å². The van der Waals surface area contributed by atoms with Crippen LogP contribution in [0, 0.1) is 5.21 Å². The van der Waals surface area contributed by atoms with Gasteiger partial charge in [0.2, 0.25) is 5.69 Å². The Kier molecular flexibility index (Phi) is 4.48. The molecule has 0 atom stereocenters. The van der Waals surface area contributed by atoms with Crippen LogP contribution < -0.4 is 14.8 Å². The third kappa shape index (κ3) is 3.42. The van der Waals surface area contributed by atoms with Crippen molar-refractivity contribution in [3.05, 3.63) is 88.5 Å². The number of ether oxygens (including phenoxy) is 1. The smallest absolute Gasteiger partial charge is 0.256 e. The van der Waals surface area contributed by atoms with Crippen LogP contribution in [0.3, 0.4) is 0 Å². The highest BCUT2D eigenvalue weighted by Gasteiger charge is 2.24. The Balaban J connectivity index is 1.48. The van der Waals surface area contributed by atoms with Crippen molar-refractivity contribution >= 4 is 46.3 Å². The molecule has 0 radical (unpaired) electrons. The Bertz CT molecular complexity index is 1380. The highest BCUT2D eigenvalue weighted by molar-refractivity contribution is 6.35. The first-order valence-electron chi connectivity index (χ1n) is 9.68. The first-order chi connectivity index (χ1) is 15.1. The second kappa shape index (κ2) is 7.46. The first kappa shape index (κ1) is 18.6. The first-order valence-corrected chi connectivity index (χ1v) is 9.68. The van der Waals surface area contributed by atoms with Crippen molar-refractivity contribution in [1.29, 1.82) is 0 Å². The van der Waals surface area contributed by atoms with Gasteiger partial charge < -0.3 is 15.3 Å². The van der Waals surface area contributed by atoms with Crippen molar-refractivity contribution in [3.63, 3.8) is 0 Å². The van der Waals surface area contributed by atoms with Crippen molar-refractivity contribution in [2.24, 2.45) is 0 Å². The number of anilines is 1. The maximum atomic E-state index is 12.5. The Labute approximate surface area is 177 Å². The number of aromatic nitrogens is 3. The molecule has 1 aliphatic heterocycles. The molecule has 2 aromatic heterocycles. The number of nitrogens with one attached hydrogen (secondary N) is 2. The zero-order valence-corrected chi connectivity index (χ0v) is 16.6. The summed E-state index contributed by atoms with van der Waals surface area (Å²) in [5, 5.41) is 23.0. The number of nitrogens with zero attached hydrogens (tertiary/aromatic N) is 2. The fraction of sp³-hybridized carbons (Fsp3) is 0.0417. The van der Waals surface area contributed by atoms with Crippen molar-refractivity contribution in [2.45, 2.75) is 0 Å². The van der Waals surface area contributed by atoms with Gasteiger partial charge in [-0.05, 0) is 54.1 Å². The summed E-state index contributed by atoms with van der Waals surface area (Å²) in [4.78, 5) is 12.5. The zero-order valence-electron chi connectivity index (χ0n) is 16.6. The van der Waals surface area contributed by atoms with Crippen LogP contribution in [0.15, 0.2) is 60.8 Å². The van der Waals surface area contributed by atoms with Gasteiger partial charge in [-0.15, -0.1) is 0 Å². The molecule has 0 saturated heterocycles. The summed E-state index contributed by atoms with van der Waals surface area (Å²) in [6.45, 7) is 0. The van der Waals surface area contributed by atoms with Gasteiger partial charge in [0.25, 0.3) is 5.91 Å². The number of aromatic amines is 1. The fourth-order valence-electron chi connectivity index (χ4n) is 3.61. The van der Waals surface area contributed by atoms with E-state index >= 15 is 0 Å². The quantitative estimate of drug-likeness (QED) is 0.303. The van der Waals surface area contributed by atoms with Crippen LogP contribution in [0.1, 0.15) is 22.5 Å². The van der Waals surface area contributed by atoms with Gasteiger partial charge in [-0.3, -0.25) is 9.89 Å². The number of benzene rings is 2. The average Bonchev–Trinajstić information content (AvgIpc) is 3.33. The largest absolute Gasteiger partial charge is 0.618 e. The molecule has 7 nitrogen and oxygen atoms in total. The van der Waals surface area contributed by atoms with E-state index in [1.54, 1.807) is 31.4 Å². The normalized spacial score (nSPS) is 14.4. The predicted octanol–water partition coefficient (Wildman–Crippen LogP) is 3.87. The van der Waals surface area contributed by atoms with Gasteiger partial charge >= 0.3 is 0 Å². The lowest BCUT2D eigenvalue weighted by molar-refractivity contribution is -0.607. The zero-order chi connectivity index (χ0) is 21.4. The Morgan fingerprint density at radius 2 is 2.00 bits per heavy atom. The van der Waals surface area contributed by atoms with Crippen LogP contribution in [0.5, 0.6) is 5.75 Å². The second-order valence-electron chi connectivity index (χ2n) is 7.12. The summed E-state index contributed by atoms with van der Waals surface area (Å²) in [7, 11) is 1.60. The van der Waals surface area contributed by atoms with Crippen LogP contribution in [0.25, 0.3) is 34.7 Å². The Morgan fingerprint density at radius 1 is 1.10 bits per heavy atom. The van der Waals surface area contributed by atoms with Gasteiger partial charge in [0.1, 0.15) is 5.75 Å². The summed E-state index contributed by atoms with van der Waals surface area (Å²) in [6.07, 6.45) is 6.83. The molecular weight excluding hydrogens is 392 g/mol. The number of rotatable bonds is 4. The van der Waals surface area contributed by atoms with Crippen molar-refractivity contribution in [2.75, 3.05) is 12.4 Å². The van der Waals surface area contributed by atoms with Gasteiger partial charge in [0.15, 0.2) is 6.20 Å². The van der Waals surface area contributed by atoms with Gasteiger partial charge in [-0.25, -0.2) is 0 Å². The topological polar surface area (TPSA) is 93.9 Å². The van der Waals surface area contributed by atoms with E-state index < -0.39 is 0 Å². The van der Waals surface area contributed by atoms with Crippen molar-refractivity contribution < 1.29 is 14.3 Å². The molecule has 0 spiro atoms. The molecule has 0 unspecified atom stereocenters. The molecular formula is C24H18N4O3. The number of hydrogen-bond acceptors (Lipinski definition) is 4. The number of carbonyl (C=O) groups excluding carboxylic acids is 1. The number of methoxy groups -OCH3 is 1. The lowest BCUT2D eigenvalue weighted by Gasteiger charge is -2.03. The predicted molar refractivity (Wildman–Crippen MR) is 120 cm³/mol. The maximum Gasteiger partial charge on any atom is 0.256 e. The van der Waals surface area contributed by atoms with Gasteiger partial charge in [0, 0.05) is 40.4 Å². The molecule has 1 amide bonds. The van der Waals surface area contributed by atoms with Crippen LogP contribution >= 0.6 is 0 Å². The molecule has 2 N–H and O–H groups in total. The van der Waals surface area contributed by atoms with Crippen molar-refractivity contribution in [3.8, 4) is 5.75 Å². The van der Waals surface area contributed by atoms with E-state index in [4.69, 9.17) is 4.74 Å². The molecule has 5 rings (SSSR count). The van der Waals surface area contributed by atoms with E-state index in [0.29, 0.717) is 17.0 Å². The molecule has 0 fully saturated rings. The average molecular weight is 410 g/mol. The third-order valence-electron chi connectivity index (χ3n) is 5.20. The number of pyridine rings is 1. The van der Waals surface area contributed by atoms with Crippen LogP contribution in [-0.4, -0.2) is 23.2 Å². The number of H-pyrrole nitrogens is 1. The van der Waals surface area contributed by atoms with E-state index in [9.17, 15) is 10.0 Å². The number of carbonyl (C=O) groups is 1. The van der Waals surface area contributed by atoms with Crippen LogP contribution in [0.2, 0.25) is 0 Å². The number of hydrogen-bond donors (Lipinski definition) is 2. The molecule has 7 heteroatoms. The van der Waals surface area contributed by atoms with Gasteiger partial charge in [-0.1, -0.05) is 6.07 Å². The minimum absolute atomic E-state index is 0.148. The van der Waals surface area contributed by atoms with Crippen molar-refractivity contribution in [1.82, 2.24) is 10.2 Å². The third-order valence-corrected chi connectivity index (χ3v) is 5.20. The molecule has 0 saturated carbocycles. The SMILES string of the molecule is COc1ccc2c(c1)C(=Cc1ccc3c(C=Cc4cccc[n+]4[O-])n[nH]c3c1)C(=O)N2. The summed E-state index contributed by atoms with van der Waals surface area (Å²) in [5.74, 6) is 0.546. The second-order valence-corrected chi connectivity index (χ2v) is 7.12. The van der Waals surface area contributed by atoms with Gasteiger partial charge in [-0.2, -0.15) is 9.83 Å². The minimum atomic E-state index is -0.148. The fourth-order valence-corrected chi connectivity index (χ4v) is 3.61.